The SMILES string of the molecule is COc1ccc([C@@H](O)CNC(=O)/C=C/c2ccoc2)cc1OC. The molecule has 23 heavy (non-hydrogen) atoms. The minimum atomic E-state index is -0.846. The van der Waals surface area contributed by atoms with E-state index in [0.717, 1.165) is 5.56 Å². The van der Waals surface area contributed by atoms with E-state index in [-0.39, 0.29) is 12.5 Å². The zero-order valence-corrected chi connectivity index (χ0v) is 13.0. The van der Waals surface area contributed by atoms with Gasteiger partial charge in [-0.1, -0.05) is 6.07 Å². The van der Waals surface area contributed by atoms with Gasteiger partial charge in [-0.15, -0.1) is 0 Å². The molecular weight excluding hydrogens is 298 g/mol. The molecule has 0 saturated heterocycles. The molecule has 122 valence electrons. The summed E-state index contributed by atoms with van der Waals surface area (Å²) in [4.78, 5) is 11.7. The third-order valence-corrected chi connectivity index (χ3v) is 3.23. The van der Waals surface area contributed by atoms with Gasteiger partial charge in [-0.2, -0.15) is 0 Å². The molecule has 2 rings (SSSR count). The summed E-state index contributed by atoms with van der Waals surface area (Å²) in [5.74, 6) is 0.802. The number of rotatable bonds is 7. The summed E-state index contributed by atoms with van der Waals surface area (Å²) in [5.41, 5.74) is 1.42. The second-order valence-corrected chi connectivity index (χ2v) is 4.77. The smallest absolute Gasteiger partial charge is 0.244 e. The molecule has 1 atom stereocenters. The van der Waals surface area contributed by atoms with Crippen LogP contribution in [0.5, 0.6) is 11.5 Å². The first-order valence-electron chi connectivity index (χ1n) is 7.02. The van der Waals surface area contributed by atoms with Gasteiger partial charge < -0.3 is 24.3 Å². The molecule has 0 aliphatic carbocycles. The molecule has 1 aromatic heterocycles. The van der Waals surface area contributed by atoms with Gasteiger partial charge in [0.15, 0.2) is 11.5 Å². The molecule has 0 bridgehead atoms. The second kappa shape index (κ2) is 8.05. The fourth-order valence-electron chi connectivity index (χ4n) is 1.98. The number of aliphatic hydroxyl groups is 1. The normalized spacial score (nSPS) is 12.1. The summed E-state index contributed by atoms with van der Waals surface area (Å²) in [7, 11) is 3.07. The number of carbonyl (C=O) groups excluding carboxylic acids is 1. The number of ether oxygens (including phenoxy) is 2. The molecule has 0 saturated carbocycles. The molecule has 1 aromatic carbocycles. The first kappa shape index (κ1) is 16.6. The highest BCUT2D eigenvalue weighted by atomic mass is 16.5. The number of aliphatic hydroxyl groups excluding tert-OH is 1. The highest BCUT2D eigenvalue weighted by Gasteiger charge is 2.12. The molecule has 1 amide bonds. The molecule has 0 spiro atoms. The molecule has 2 N–H and O–H groups in total. The highest BCUT2D eigenvalue weighted by Crippen LogP contribution is 2.29. The number of amides is 1. The van der Waals surface area contributed by atoms with Crippen molar-refractivity contribution in [2.45, 2.75) is 6.10 Å². The Morgan fingerprint density at radius 3 is 2.74 bits per heavy atom. The number of methoxy groups -OCH3 is 2. The molecule has 6 nitrogen and oxygen atoms in total. The predicted molar refractivity (Wildman–Crippen MR) is 85.3 cm³/mol. The maximum Gasteiger partial charge on any atom is 0.244 e. The van der Waals surface area contributed by atoms with Crippen molar-refractivity contribution in [2.75, 3.05) is 20.8 Å². The van der Waals surface area contributed by atoms with E-state index in [0.29, 0.717) is 17.1 Å². The zero-order valence-electron chi connectivity index (χ0n) is 13.0. The van der Waals surface area contributed by atoms with Gasteiger partial charge in [0.25, 0.3) is 0 Å². The molecule has 0 fully saturated rings. The summed E-state index contributed by atoms with van der Waals surface area (Å²) in [6.45, 7) is 0.0873. The minimum absolute atomic E-state index is 0.0873. The standard InChI is InChI=1S/C17H19NO5/c1-21-15-5-4-13(9-16(15)22-2)14(19)10-18-17(20)6-3-12-7-8-23-11-12/h3-9,11,14,19H,10H2,1-2H3,(H,18,20)/b6-3+/t14-/m0/s1. The lowest BCUT2D eigenvalue weighted by atomic mass is 10.1. The molecule has 2 aromatic rings. The second-order valence-electron chi connectivity index (χ2n) is 4.77. The molecule has 0 unspecified atom stereocenters. The summed E-state index contributed by atoms with van der Waals surface area (Å²) >= 11 is 0. The van der Waals surface area contributed by atoms with Gasteiger partial charge in [-0.05, 0) is 29.8 Å². The Morgan fingerprint density at radius 2 is 2.09 bits per heavy atom. The fraction of sp³-hybridized carbons (Fsp3) is 0.235. The Kier molecular flexibility index (Phi) is 5.82. The maximum absolute atomic E-state index is 11.7. The van der Waals surface area contributed by atoms with Crippen molar-refractivity contribution in [3.05, 3.63) is 54.0 Å². The van der Waals surface area contributed by atoms with Gasteiger partial charge in [0, 0.05) is 18.2 Å². The molecule has 6 heteroatoms. The van der Waals surface area contributed by atoms with E-state index >= 15 is 0 Å². The van der Waals surface area contributed by atoms with Gasteiger partial charge in [-0.25, -0.2) is 0 Å². The Balaban J connectivity index is 1.91. The number of hydrogen-bond donors (Lipinski definition) is 2. The van der Waals surface area contributed by atoms with Gasteiger partial charge >= 0.3 is 0 Å². The number of nitrogens with one attached hydrogen (secondary N) is 1. The summed E-state index contributed by atoms with van der Waals surface area (Å²) < 4.78 is 15.2. The van der Waals surface area contributed by atoms with Crippen molar-refractivity contribution in [1.82, 2.24) is 5.32 Å². The third-order valence-electron chi connectivity index (χ3n) is 3.23. The van der Waals surface area contributed by atoms with Crippen LogP contribution in [0.15, 0.2) is 47.3 Å². The van der Waals surface area contributed by atoms with E-state index in [4.69, 9.17) is 13.9 Å². The minimum Gasteiger partial charge on any atom is -0.493 e. The monoisotopic (exact) mass is 317 g/mol. The van der Waals surface area contributed by atoms with Crippen LogP contribution in [0, 0.1) is 0 Å². The van der Waals surface area contributed by atoms with E-state index < -0.39 is 6.10 Å². The van der Waals surface area contributed by atoms with E-state index in [9.17, 15) is 9.90 Å². The third kappa shape index (κ3) is 4.62. The Labute approximate surface area is 134 Å². The number of carbonyl (C=O) groups is 1. The highest BCUT2D eigenvalue weighted by molar-refractivity contribution is 5.91. The van der Waals surface area contributed by atoms with Crippen LogP contribution in [-0.2, 0) is 4.79 Å². The molecule has 0 aliphatic heterocycles. The van der Waals surface area contributed by atoms with Crippen molar-refractivity contribution in [3.8, 4) is 11.5 Å². The van der Waals surface area contributed by atoms with Crippen molar-refractivity contribution >= 4 is 12.0 Å². The van der Waals surface area contributed by atoms with Gasteiger partial charge in [0.1, 0.15) is 0 Å². The number of furan rings is 1. The van der Waals surface area contributed by atoms with Gasteiger partial charge in [-0.3, -0.25) is 4.79 Å². The van der Waals surface area contributed by atoms with Crippen LogP contribution in [0.25, 0.3) is 6.08 Å². The lowest BCUT2D eigenvalue weighted by Gasteiger charge is -2.14. The zero-order chi connectivity index (χ0) is 16.7. The largest absolute Gasteiger partial charge is 0.493 e. The lowest BCUT2D eigenvalue weighted by molar-refractivity contribution is -0.116. The first-order chi connectivity index (χ1) is 11.1. The van der Waals surface area contributed by atoms with Crippen LogP contribution in [0.2, 0.25) is 0 Å². The quantitative estimate of drug-likeness (QED) is 0.765. The van der Waals surface area contributed by atoms with Crippen LogP contribution >= 0.6 is 0 Å². The average Bonchev–Trinajstić information content (AvgIpc) is 3.10. The van der Waals surface area contributed by atoms with E-state index in [2.05, 4.69) is 5.32 Å². The van der Waals surface area contributed by atoms with E-state index in [1.165, 1.54) is 25.7 Å². The summed E-state index contributed by atoms with van der Waals surface area (Å²) in [5, 5.41) is 12.8. The molecule has 0 aliphatic rings. The summed E-state index contributed by atoms with van der Waals surface area (Å²) in [6, 6.07) is 6.84. The fourth-order valence-corrected chi connectivity index (χ4v) is 1.98. The number of hydrogen-bond acceptors (Lipinski definition) is 5. The Bertz CT molecular complexity index is 664. The van der Waals surface area contributed by atoms with Crippen LogP contribution in [0.3, 0.4) is 0 Å². The topological polar surface area (TPSA) is 80.9 Å². The average molecular weight is 317 g/mol. The molecule has 0 radical (unpaired) electrons. The lowest BCUT2D eigenvalue weighted by Crippen LogP contribution is -2.26. The first-order valence-corrected chi connectivity index (χ1v) is 7.02. The Hall–Kier alpha value is -2.73. The molecular formula is C17H19NO5. The van der Waals surface area contributed by atoms with Crippen molar-refractivity contribution < 1.29 is 23.8 Å². The van der Waals surface area contributed by atoms with Crippen molar-refractivity contribution in [1.29, 1.82) is 0 Å². The Morgan fingerprint density at radius 1 is 1.30 bits per heavy atom. The van der Waals surface area contributed by atoms with Crippen LogP contribution in [0.4, 0.5) is 0 Å². The van der Waals surface area contributed by atoms with Crippen molar-refractivity contribution in [2.24, 2.45) is 0 Å². The van der Waals surface area contributed by atoms with E-state index in [1.807, 2.05) is 0 Å². The van der Waals surface area contributed by atoms with Gasteiger partial charge in [0.2, 0.25) is 5.91 Å². The maximum atomic E-state index is 11.7. The van der Waals surface area contributed by atoms with Gasteiger partial charge in [0.05, 0.1) is 32.8 Å². The van der Waals surface area contributed by atoms with Crippen molar-refractivity contribution in [3.63, 3.8) is 0 Å². The van der Waals surface area contributed by atoms with Crippen LogP contribution < -0.4 is 14.8 Å². The van der Waals surface area contributed by atoms with E-state index in [1.54, 1.807) is 37.5 Å². The predicted octanol–water partition coefficient (Wildman–Crippen LogP) is 2.16. The van der Waals surface area contributed by atoms with Crippen LogP contribution in [0.1, 0.15) is 17.2 Å². The number of benzene rings is 1. The molecule has 1 heterocycles. The summed E-state index contributed by atoms with van der Waals surface area (Å²) in [6.07, 6.45) is 5.22. The van der Waals surface area contributed by atoms with Crippen LogP contribution in [-0.4, -0.2) is 31.8 Å².